The van der Waals surface area contributed by atoms with Crippen LogP contribution >= 0.6 is 0 Å². The summed E-state index contributed by atoms with van der Waals surface area (Å²) in [6.45, 7) is 5.05. The Hall–Kier alpha value is -1.35. The summed E-state index contributed by atoms with van der Waals surface area (Å²) in [5, 5.41) is 6.28. The van der Waals surface area contributed by atoms with Gasteiger partial charge < -0.3 is 10.6 Å². The summed E-state index contributed by atoms with van der Waals surface area (Å²) in [6, 6.07) is 8.34. The zero-order valence-corrected chi connectivity index (χ0v) is 10.5. The van der Waals surface area contributed by atoms with E-state index in [1.807, 2.05) is 13.0 Å². The van der Waals surface area contributed by atoms with Crippen molar-refractivity contribution < 1.29 is 4.79 Å². The second-order valence-corrected chi connectivity index (χ2v) is 4.79. The molecule has 1 aliphatic rings. The SMILES string of the molecule is Cc1cccc([C@H](C)NC(=O)[C@H]2CCCN2)c1. The third-order valence-corrected chi connectivity index (χ3v) is 3.28. The van der Waals surface area contributed by atoms with E-state index in [2.05, 4.69) is 35.8 Å². The molecule has 0 bridgehead atoms. The van der Waals surface area contributed by atoms with E-state index in [-0.39, 0.29) is 18.0 Å². The first-order valence-electron chi connectivity index (χ1n) is 6.27. The van der Waals surface area contributed by atoms with Crippen molar-refractivity contribution in [3.63, 3.8) is 0 Å². The molecule has 2 rings (SSSR count). The maximum atomic E-state index is 11.9. The van der Waals surface area contributed by atoms with Crippen LogP contribution in [0.25, 0.3) is 0 Å². The van der Waals surface area contributed by atoms with Crippen molar-refractivity contribution in [2.75, 3.05) is 6.54 Å². The molecule has 0 aliphatic carbocycles. The zero-order chi connectivity index (χ0) is 12.3. The van der Waals surface area contributed by atoms with Gasteiger partial charge >= 0.3 is 0 Å². The highest BCUT2D eigenvalue weighted by atomic mass is 16.2. The van der Waals surface area contributed by atoms with Crippen LogP contribution in [0.4, 0.5) is 0 Å². The van der Waals surface area contributed by atoms with Crippen LogP contribution in [0, 0.1) is 6.92 Å². The summed E-state index contributed by atoms with van der Waals surface area (Å²) in [5.74, 6) is 0.122. The highest BCUT2D eigenvalue weighted by Gasteiger charge is 2.23. The Morgan fingerprint density at radius 2 is 2.35 bits per heavy atom. The van der Waals surface area contributed by atoms with E-state index in [0.29, 0.717) is 0 Å². The van der Waals surface area contributed by atoms with Crippen molar-refractivity contribution in [1.29, 1.82) is 0 Å². The Morgan fingerprint density at radius 3 is 3.00 bits per heavy atom. The predicted octanol–water partition coefficient (Wildman–Crippen LogP) is 1.92. The molecule has 3 heteroatoms. The number of aryl methyl sites for hydroxylation is 1. The van der Waals surface area contributed by atoms with Crippen LogP contribution in [0.3, 0.4) is 0 Å². The molecule has 1 aromatic carbocycles. The topological polar surface area (TPSA) is 41.1 Å². The van der Waals surface area contributed by atoms with Gasteiger partial charge in [0.1, 0.15) is 0 Å². The minimum absolute atomic E-state index is 0.00209. The molecule has 1 heterocycles. The quantitative estimate of drug-likeness (QED) is 0.836. The number of rotatable bonds is 3. The maximum Gasteiger partial charge on any atom is 0.237 e. The molecule has 0 aromatic heterocycles. The average Bonchev–Trinajstić information content (AvgIpc) is 2.82. The monoisotopic (exact) mass is 232 g/mol. The number of carbonyl (C=O) groups excluding carboxylic acids is 1. The fourth-order valence-electron chi connectivity index (χ4n) is 2.25. The van der Waals surface area contributed by atoms with Crippen LogP contribution in [0.2, 0.25) is 0 Å². The van der Waals surface area contributed by atoms with Gasteiger partial charge in [-0.3, -0.25) is 4.79 Å². The Kier molecular flexibility index (Phi) is 3.79. The lowest BCUT2D eigenvalue weighted by molar-refractivity contribution is -0.123. The van der Waals surface area contributed by atoms with Gasteiger partial charge in [0.05, 0.1) is 12.1 Å². The summed E-state index contributed by atoms with van der Waals surface area (Å²) < 4.78 is 0. The molecule has 0 spiro atoms. The maximum absolute atomic E-state index is 11.9. The van der Waals surface area contributed by atoms with E-state index < -0.39 is 0 Å². The largest absolute Gasteiger partial charge is 0.348 e. The fraction of sp³-hybridized carbons (Fsp3) is 0.500. The number of nitrogens with one attached hydrogen (secondary N) is 2. The molecule has 0 radical (unpaired) electrons. The Bertz CT molecular complexity index is 397. The smallest absolute Gasteiger partial charge is 0.237 e. The molecule has 1 saturated heterocycles. The van der Waals surface area contributed by atoms with Gasteiger partial charge in [-0.1, -0.05) is 29.8 Å². The summed E-state index contributed by atoms with van der Waals surface area (Å²) in [4.78, 5) is 11.9. The molecule has 2 N–H and O–H groups in total. The summed E-state index contributed by atoms with van der Waals surface area (Å²) in [5.41, 5.74) is 2.39. The average molecular weight is 232 g/mol. The lowest BCUT2D eigenvalue weighted by atomic mass is 10.1. The predicted molar refractivity (Wildman–Crippen MR) is 68.8 cm³/mol. The molecule has 0 unspecified atom stereocenters. The van der Waals surface area contributed by atoms with Crippen molar-refractivity contribution in [2.45, 2.75) is 38.8 Å². The number of benzene rings is 1. The van der Waals surface area contributed by atoms with Crippen LogP contribution in [-0.2, 0) is 4.79 Å². The highest BCUT2D eigenvalue weighted by molar-refractivity contribution is 5.82. The van der Waals surface area contributed by atoms with Crippen LogP contribution in [0.1, 0.15) is 36.9 Å². The fourth-order valence-corrected chi connectivity index (χ4v) is 2.25. The Balaban J connectivity index is 1.96. The Labute approximate surface area is 103 Å². The van der Waals surface area contributed by atoms with Crippen molar-refractivity contribution in [2.24, 2.45) is 0 Å². The molecule has 17 heavy (non-hydrogen) atoms. The van der Waals surface area contributed by atoms with Crippen LogP contribution in [0.15, 0.2) is 24.3 Å². The highest BCUT2D eigenvalue weighted by Crippen LogP contribution is 2.14. The Morgan fingerprint density at radius 1 is 1.53 bits per heavy atom. The molecule has 1 aromatic rings. The van der Waals surface area contributed by atoms with Gasteiger partial charge in [0, 0.05) is 0 Å². The summed E-state index contributed by atoms with van der Waals surface area (Å²) >= 11 is 0. The first-order valence-corrected chi connectivity index (χ1v) is 6.27. The summed E-state index contributed by atoms with van der Waals surface area (Å²) in [7, 11) is 0. The lowest BCUT2D eigenvalue weighted by Crippen LogP contribution is -2.41. The molecule has 1 fully saturated rings. The normalized spacial score (nSPS) is 21.2. The molecular formula is C14H20N2O. The standard InChI is InChI=1S/C14H20N2O/c1-10-5-3-6-12(9-10)11(2)16-14(17)13-7-4-8-15-13/h3,5-6,9,11,13,15H,4,7-8H2,1-2H3,(H,16,17)/t11-,13+/m0/s1. The van der Waals surface area contributed by atoms with E-state index in [1.54, 1.807) is 0 Å². The summed E-state index contributed by atoms with van der Waals surface area (Å²) in [6.07, 6.45) is 2.04. The van der Waals surface area contributed by atoms with E-state index in [4.69, 9.17) is 0 Å². The molecule has 0 saturated carbocycles. The minimum Gasteiger partial charge on any atom is -0.348 e. The molecule has 2 atom stereocenters. The van der Waals surface area contributed by atoms with Gasteiger partial charge in [-0.25, -0.2) is 0 Å². The molecular weight excluding hydrogens is 212 g/mol. The lowest BCUT2D eigenvalue weighted by Gasteiger charge is -2.18. The first kappa shape index (κ1) is 12.1. The zero-order valence-electron chi connectivity index (χ0n) is 10.5. The van der Waals surface area contributed by atoms with Crippen molar-refractivity contribution in [3.8, 4) is 0 Å². The van der Waals surface area contributed by atoms with E-state index in [9.17, 15) is 4.79 Å². The second-order valence-electron chi connectivity index (χ2n) is 4.79. The number of carbonyl (C=O) groups is 1. The van der Waals surface area contributed by atoms with Crippen molar-refractivity contribution >= 4 is 5.91 Å². The molecule has 92 valence electrons. The van der Waals surface area contributed by atoms with Crippen LogP contribution < -0.4 is 10.6 Å². The van der Waals surface area contributed by atoms with Crippen molar-refractivity contribution in [3.05, 3.63) is 35.4 Å². The van der Waals surface area contributed by atoms with Gasteiger partial charge in [0.15, 0.2) is 0 Å². The molecule has 1 amide bonds. The molecule has 3 nitrogen and oxygen atoms in total. The van der Waals surface area contributed by atoms with Gasteiger partial charge in [0.25, 0.3) is 0 Å². The van der Waals surface area contributed by atoms with Gasteiger partial charge in [-0.15, -0.1) is 0 Å². The number of amides is 1. The van der Waals surface area contributed by atoms with Crippen LogP contribution in [0.5, 0.6) is 0 Å². The number of hydrogen-bond donors (Lipinski definition) is 2. The van der Waals surface area contributed by atoms with E-state index >= 15 is 0 Å². The molecule has 1 aliphatic heterocycles. The second kappa shape index (κ2) is 5.32. The van der Waals surface area contributed by atoms with Gasteiger partial charge in [-0.2, -0.15) is 0 Å². The van der Waals surface area contributed by atoms with Crippen LogP contribution in [-0.4, -0.2) is 18.5 Å². The third-order valence-electron chi connectivity index (χ3n) is 3.28. The van der Waals surface area contributed by atoms with Crippen molar-refractivity contribution in [1.82, 2.24) is 10.6 Å². The van der Waals surface area contributed by atoms with Gasteiger partial charge in [0.2, 0.25) is 5.91 Å². The third kappa shape index (κ3) is 3.07. The first-order chi connectivity index (χ1) is 8.16. The minimum atomic E-state index is 0.00209. The number of hydrogen-bond acceptors (Lipinski definition) is 2. The van der Waals surface area contributed by atoms with E-state index in [1.165, 1.54) is 5.56 Å². The van der Waals surface area contributed by atoms with Gasteiger partial charge in [-0.05, 0) is 38.8 Å². The van der Waals surface area contributed by atoms with E-state index in [0.717, 1.165) is 24.9 Å².